The lowest BCUT2D eigenvalue weighted by Crippen LogP contribution is -2.18. The predicted octanol–water partition coefficient (Wildman–Crippen LogP) is 3.28. The predicted molar refractivity (Wildman–Crippen MR) is 136 cm³/mol. The molecule has 35 heavy (non-hydrogen) atoms. The highest BCUT2D eigenvalue weighted by Gasteiger charge is 2.43. The number of rotatable bonds is 10. The van der Waals surface area contributed by atoms with Gasteiger partial charge in [0, 0.05) is 25.7 Å². The van der Waals surface area contributed by atoms with Gasteiger partial charge in [-0.15, -0.1) is 15.1 Å². The largest absolute Gasteiger partial charge is 0.494 e. The molecule has 0 spiro atoms. The Morgan fingerprint density at radius 2 is 1.91 bits per heavy atom. The summed E-state index contributed by atoms with van der Waals surface area (Å²) in [7, 11) is 4.85. The minimum Gasteiger partial charge on any atom is -0.494 e. The summed E-state index contributed by atoms with van der Waals surface area (Å²) < 4.78 is 7.83. The summed E-state index contributed by atoms with van der Waals surface area (Å²) in [5.74, 6) is -0.0354. The molecule has 2 aliphatic rings. The number of hydrogen-bond acceptors (Lipinski definition) is 8. The van der Waals surface area contributed by atoms with Crippen molar-refractivity contribution < 1.29 is 9.53 Å². The molecule has 5 rings (SSSR count). The Hall–Kier alpha value is -3.59. The van der Waals surface area contributed by atoms with Crippen molar-refractivity contribution in [2.24, 2.45) is 18.1 Å². The number of aryl methyl sites for hydroxylation is 1. The number of methoxy groups -OCH3 is 1. The summed E-state index contributed by atoms with van der Waals surface area (Å²) >= 11 is 0. The van der Waals surface area contributed by atoms with Gasteiger partial charge in [0.1, 0.15) is 0 Å². The third kappa shape index (κ3) is 4.55. The maximum absolute atomic E-state index is 12.0. The van der Waals surface area contributed by atoms with Crippen LogP contribution in [-0.4, -0.2) is 51.4 Å². The van der Waals surface area contributed by atoms with E-state index in [1.807, 2.05) is 29.9 Å². The maximum Gasteiger partial charge on any atom is 0.271 e. The number of ether oxygens (including phenoxy) is 1. The molecule has 0 atom stereocenters. The second kappa shape index (κ2) is 9.22. The van der Waals surface area contributed by atoms with Crippen molar-refractivity contribution >= 4 is 36.5 Å². The van der Waals surface area contributed by atoms with Crippen molar-refractivity contribution in [3.05, 3.63) is 40.9 Å². The van der Waals surface area contributed by atoms with Crippen molar-refractivity contribution in [3.8, 4) is 17.0 Å². The molecule has 0 radical (unpaired) electrons. The molecule has 0 bridgehead atoms. The number of carbonyl (C=O) groups excluding carboxylic acids is 1. The maximum atomic E-state index is 12.0. The first-order valence-corrected chi connectivity index (χ1v) is 12.9. The van der Waals surface area contributed by atoms with Crippen molar-refractivity contribution in [3.63, 3.8) is 0 Å². The third-order valence-corrected chi connectivity index (χ3v) is 9.79. The molecule has 2 aromatic heterocycles. The van der Waals surface area contributed by atoms with E-state index < -0.39 is 5.91 Å². The van der Waals surface area contributed by atoms with Crippen LogP contribution in [0.15, 0.2) is 35.6 Å². The third-order valence-electron chi connectivity index (χ3n) is 6.23. The van der Waals surface area contributed by atoms with Crippen LogP contribution >= 0.6 is 7.92 Å². The summed E-state index contributed by atoms with van der Waals surface area (Å²) in [6.07, 6.45) is 5.30. The number of nitrogens with zero attached hydrogens (tertiary/aromatic N) is 6. The number of para-hydroxylation sites is 1. The Kier molecular flexibility index (Phi) is 6.10. The standard InChI is InChI=1S/C23H27N8O3P/c1-30(29-33)19-11-18(21(23(24)32)27-26-19)25-16-6-4-5-15(22(16)34-3)17-12-20(31(2)28-17)35(13-7-8-13)14-9-10-14/h4-6,11-14H,7-10H2,1-3H3,(H2,24,32)(H,25,26). The van der Waals surface area contributed by atoms with E-state index in [4.69, 9.17) is 15.6 Å². The second-order valence-corrected chi connectivity index (χ2v) is 11.6. The normalized spacial score (nSPS) is 15.2. The summed E-state index contributed by atoms with van der Waals surface area (Å²) in [4.78, 5) is 22.9. The van der Waals surface area contributed by atoms with Gasteiger partial charge in [-0.2, -0.15) is 5.10 Å². The monoisotopic (exact) mass is 494 g/mol. The molecule has 0 aliphatic heterocycles. The van der Waals surface area contributed by atoms with Gasteiger partial charge in [-0.05, 0) is 63.1 Å². The molecule has 12 heteroatoms. The average Bonchev–Trinajstić information content (AvgIpc) is 3.78. The lowest BCUT2D eigenvalue weighted by atomic mass is 10.1. The van der Waals surface area contributed by atoms with Crippen LogP contribution in [0.25, 0.3) is 11.3 Å². The summed E-state index contributed by atoms with van der Waals surface area (Å²) in [6.45, 7) is 0. The Bertz CT molecular complexity index is 1280. The van der Waals surface area contributed by atoms with Crippen LogP contribution in [0.2, 0.25) is 0 Å². The Morgan fingerprint density at radius 1 is 1.20 bits per heavy atom. The zero-order valence-electron chi connectivity index (χ0n) is 19.8. The molecule has 0 unspecified atom stereocenters. The quantitative estimate of drug-likeness (QED) is 0.249. The van der Waals surface area contributed by atoms with E-state index in [1.54, 1.807) is 7.11 Å². The minimum absolute atomic E-state index is 0.0693. The molecule has 2 fully saturated rings. The lowest BCUT2D eigenvalue weighted by Gasteiger charge is -2.16. The van der Waals surface area contributed by atoms with Crippen molar-refractivity contribution in [2.75, 3.05) is 24.5 Å². The summed E-state index contributed by atoms with van der Waals surface area (Å²) in [6, 6.07) is 9.35. The number of aromatic nitrogens is 4. The van der Waals surface area contributed by atoms with Crippen LogP contribution in [-0.2, 0) is 7.05 Å². The van der Waals surface area contributed by atoms with Crippen molar-refractivity contribution in [2.45, 2.75) is 37.0 Å². The fraction of sp³-hybridized carbons (Fsp3) is 0.391. The van der Waals surface area contributed by atoms with E-state index >= 15 is 0 Å². The van der Waals surface area contributed by atoms with E-state index in [0.29, 0.717) is 11.4 Å². The number of nitrogens with one attached hydrogen (secondary N) is 1. The second-order valence-electron chi connectivity index (χ2n) is 8.83. The van der Waals surface area contributed by atoms with E-state index in [2.05, 4.69) is 26.9 Å². The van der Waals surface area contributed by atoms with Gasteiger partial charge in [0.25, 0.3) is 5.91 Å². The highest BCUT2D eigenvalue weighted by atomic mass is 31.1. The Morgan fingerprint density at radius 3 is 2.51 bits per heavy atom. The molecule has 2 aliphatic carbocycles. The number of nitroso groups, excluding NO2 is 1. The molecule has 2 heterocycles. The van der Waals surface area contributed by atoms with Crippen LogP contribution in [0.3, 0.4) is 0 Å². The molecule has 2 saturated carbocycles. The fourth-order valence-electron chi connectivity index (χ4n) is 4.27. The van der Waals surface area contributed by atoms with Crippen molar-refractivity contribution in [1.82, 2.24) is 20.0 Å². The number of nitrogens with two attached hydrogens (primary N) is 1. The van der Waals surface area contributed by atoms with Gasteiger partial charge < -0.3 is 15.8 Å². The van der Waals surface area contributed by atoms with Gasteiger partial charge in [0.2, 0.25) is 0 Å². The van der Waals surface area contributed by atoms with Crippen LogP contribution < -0.4 is 26.2 Å². The Labute approximate surface area is 203 Å². The van der Waals surface area contributed by atoms with Gasteiger partial charge in [0.15, 0.2) is 17.3 Å². The molecule has 0 saturated heterocycles. The molecular formula is C23H27N8O3P. The number of benzene rings is 1. The average molecular weight is 494 g/mol. The highest BCUT2D eigenvalue weighted by molar-refractivity contribution is 7.67. The molecule has 11 nitrogen and oxygen atoms in total. The van der Waals surface area contributed by atoms with E-state index in [0.717, 1.165) is 27.6 Å². The molecule has 1 amide bonds. The van der Waals surface area contributed by atoms with Gasteiger partial charge in [-0.25, -0.2) is 5.01 Å². The molecule has 3 aromatic rings. The van der Waals surface area contributed by atoms with Crippen molar-refractivity contribution in [1.29, 1.82) is 0 Å². The highest BCUT2D eigenvalue weighted by Crippen LogP contribution is 2.63. The van der Waals surface area contributed by atoms with E-state index in [-0.39, 0.29) is 25.1 Å². The zero-order valence-corrected chi connectivity index (χ0v) is 20.7. The van der Waals surface area contributed by atoms with Gasteiger partial charge >= 0.3 is 0 Å². The summed E-state index contributed by atoms with van der Waals surface area (Å²) in [5.41, 5.74) is 11.0. The summed E-state index contributed by atoms with van der Waals surface area (Å²) in [5, 5.41) is 19.6. The fourth-order valence-corrected chi connectivity index (χ4v) is 7.67. The first-order valence-electron chi connectivity index (χ1n) is 11.4. The number of anilines is 3. The SMILES string of the molecule is COc1c(Nc2cc(N(C)N=O)nnc2C(N)=O)cccc1-c1cc(P(C2CC2)C2CC2)n(C)n1. The van der Waals surface area contributed by atoms with E-state index in [9.17, 15) is 9.70 Å². The first-order chi connectivity index (χ1) is 16.9. The van der Waals surface area contributed by atoms with Crippen LogP contribution in [0.1, 0.15) is 36.2 Å². The number of primary amides is 1. The topological polar surface area (TPSA) is 141 Å². The Balaban J connectivity index is 1.52. The zero-order chi connectivity index (χ0) is 24.7. The van der Waals surface area contributed by atoms with Gasteiger partial charge in [0.05, 0.1) is 34.9 Å². The van der Waals surface area contributed by atoms with Gasteiger partial charge in [-0.3, -0.25) is 9.48 Å². The van der Waals surface area contributed by atoms with Crippen LogP contribution in [0.4, 0.5) is 17.2 Å². The van der Waals surface area contributed by atoms with Crippen LogP contribution in [0.5, 0.6) is 5.75 Å². The molecule has 3 N–H and O–H groups in total. The molecular weight excluding hydrogens is 467 g/mol. The van der Waals surface area contributed by atoms with Crippen LogP contribution in [0, 0.1) is 4.91 Å². The minimum atomic E-state index is -0.758. The first kappa shape index (κ1) is 23.2. The number of hydrogen-bond donors (Lipinski definition) is 2. The lowest BCUT2D eigenvalue weighted by molar-refractivity contribution is 0.0995. The molecule has 1 aromatic carbocycles. The molecule has 182 valence electrons. The smallest absolute Gasteiger partial charge is 0.271 e. The number of carbonyl (C=O) groups is 1. The van der Waals surface area contributed by atoms with E-state index in [1.165, 1.54) is 44.2 Å². The number of amides is 1. The van der Waals surface area contributed by atoms with Gasteiger partial charge in [-0.1, -0.05) is 6.07 Å².